The second-order valence-corrected chi connectivity index (χ2v) is 10.0. The molecule has 240 valence electrons. The van der Waals surface area contributed by atoms with Crippen LogP contribution in [0.2, 0.25) is 0 Å². The minimum absolute atomic E-state index is 0.178. The van der Waals surface area contributed by atoms with E-state index < -0.39 is 11.9 Å². The molecule has 0 aromatic heterocycles. The van der Waals surface area contributed by atoms with Gasteiger partial charge in [0.1, 0.15) is 0 Å². The van der Waals surface area contributed by atoms with E-state index in [9.17, 15) is 9.59 Å². The number of hydrogen-bond donors (Lipinski definition) is 2. The van der Waals surface area contributed by atoms with Gasteiger partial charge in [-0.05, 0) is 57.8 Å². The van der Waals surface area contributed by atoms with Crippen LogP contribution in [0, 0.1) is 47.4 Å². The first kappa shape index (κ1) is 42.3. The van der Waals surface area contributed by atoms with E-state index in [2.05, 4.69) is 110 Å². The van der Waals surface area contributed by atoms with Gasteiger partial charge in [-0.2, -0.15) is 0 Å². The molecular formula is C40H56O4. The summed E-state index contributed by atoms with van der Waals surface area (Å²) in [5.74, 6) is 22.3. The van der Waals surface area contributed by atoms with E-state index in [4.69, 9.17) is 10.2 Å². The predicted molar refractivity (Wildman–Crippen MR) is 187 cm³/mol. The van der Waals surface area contributed by atoms with Crippen LogP contribution in [0.3, 0.4) is 0 Å². The van der Waals surface area contributed by atoms with Gasteiger partial charge >= 0.3 is 11.9 Å². The summed E-state index contributed by atoms with van der Waals surface area (Å²) >= 11 is 0. The Bertz CT molecular complexity index is 1080. The van der Waals surface area contributed by atoms with E-state index in [0.717, 1.165) is 38.5 Å². The van der Waals surface area contributed by atoms with Gasteiger partial charge in [-0.1, -0.05) is 124 Å². The van der Waals surface area contributed by atoms with Crippen LogP contribution in [-0.4, -0.2) is 22.2 Å². The van der Waals surface area contributed by atoms with Crippen LogP contribution in [0.1, 0.15) is 142 Å². The number of aliphatic carboxylic acids is 2. The Morgan fingerprint density at radius 1 is 0.455 bits per heavy atom. The van der Waals surface area contributed by atoms with Crippen molar-refractivity contribution in [2.24, 2.45) is 0 Å². The smallest absolute Gasteiger partial charge is 0.303 e. The van der Waals surface area contributed by atoms with Gasteiger partial charge in [0.25, 0.3) is 0 Å². The molecule has 44 heavy (non-hydrogen) atoms. The molecule has 0 rings (SSSR count). The maximum atomic E-state index is 10.3. The number of carboxylic acids is 2. The normalized spacial score (nSPS) is 10.2. The molecule has 0 amide bonds. The molecule has 0 radical (unpaired) electrons. The second-order valence-electron chi connectivity index (χ2n) is 10.0. The van der Waals surface area contributed by atoms with Gasteiger partial charge < -0.3 is 10.2 Å². The summed E-state index contributed by atoms with van der Waals surface area (Å²) < 4.78 is 0. The topological polar surface area (TPSA) is 74.6 Å². The quantitative estimate of drug-likeness (QED) is 0.0828. The van der Waals surface area contributed by atoms with E-state index in [1.165, 1.54) is 44.9 Å². The average Bonchev–Trinajstić information content (AvgIpc) is 3.00. The molecule has 0 saturated heterocycles. The highest BCUT2D eigenvalue weighted by Gasteiger charge is 1.93. The Balaban J connectivity index is 0. The van der Waals surface area contributed by atoms with Crippen LogP contribution in [0.15, 0.2) is 48.6 Å². The number of rotatable bonds is 20. The van der Waals surface area contributed by atoms with E-state index in [-0.39, 0.29) is 12.8 Å². The van der Waals surface area contributed by atoms with Gasteiger partial charge in [-0.3, -0.25) is 9.59 Å². The first-order chi connectivity index (χ1) is 21.5. The summed E-state index contributed by atoms with van der Waals surface area (Å²) in [6.07, 6.45) is 35.1. The third kappa shape index (κ3) is 45.1. The van der Waals surface area contributed by atoms with Crippen LogP contribution < -0.4 is 0 Å². The number of allylic oxidation sites excluding steroid dienone is 8. The van der Waals surface area contributed by atoms with Crippen LogP contribution in [0.5, 0.6) is 0 Å². The number of unbranched alkanes of at least 4 members (excludes halogenated alkanes) is 8. The molecule has 0 fully saturated rings. The van der Waals surface area contributed by atoms with Crippen molar-refractivity contribution in [1.29, 1.82) is 0 Å². The van der Waals surface area contributed by atoms with Gasteiger partial charge in [-0.25, -0.2) is 0 Å². The minimum Gasteiger partial charge on any atom is -0.481 e. The molecule has 0 aromatic carbocycles. The maximum absolute atomic E-state index is 10.3. The lowest BCUT2D eigenvalue weighted by Crippen LogP contribution is -1.92. The van der Waals surface area contributed by atoms with Gasteiger partial charge in [0.2, 0.25) is 0 Å². The Labute approximate surface area is 269 Å². The standard InChI is InChI=1S/C20H32O2.C20H24O2/c2*1-2-3-4-5-6-7-8-9-10-11-12-13-14-15-16-17-18-19-20(21)22/h6-7,9-10,12-13,15-16H,2-5,8,11,14,17-19H2,1H3,(H,21,22);2-5,8,11,14,17-19H2,1H3,(H,21,22)/b7-6-,10-9-,13-12-,16-15-;. The number of carboxylic acid groups (broad SMARTS) is 2. The van der Waals surface area contributed by atoms with Crippen molar-refractivity contribution in [2.45, 2.75) is 142 Å². The van der Waals surface area contributed by atoms with Crippen LogP contribution >= 0.6 is 0 Å². The van der Waals surface area contributed by atoms with Gasteiger partial charge in [0.05, 0.1) is 19.3 Å². The molecular weight excluding hydrogens is 544 g/mol. The molecule has 0 heterocycles. The Kier molecular flexibility index (Phi) is 37.6. The molecule has 0 aliphatic carbocycles. The first-order valence-electron chi connectivity index (χ1n) is 16.4. The van der Waals surface area contributed by atoms with E-state index in [1.54, 1.807) is 0 Å². The van der Waals surface area contributed by atoms with Crippen molar-refractivity contribution < 1.29 is 19.8 Å². The molecule has 0 unspecified atom stereocenters. The predicted octanol–water partition coefficient (Wildman–Crippen LogP) is 10.2. The average molecular weight is 601 g/mol. The molecule has 0 saturated carbocycles. The largest absolute Gasteiger partial charge is 0.481 e. The number of carbonyl (C=O) groups is 2. The SMILES string of the molecule is CCCCC/C=C\C/C=C\C/C=C\C/C=C\CCCC(=O)O.CCCCCC#CCC#CCC#CCC#CCCCC(=O)O. The summed E-state index contributed by atoms with van der Waals surface area (Å²) in [4.78, 5) is 20.6. The van der Waals surface area contributed by atoms with Crippen molar-refractivity contribution >= 4 is 11.9 Å². The molecule has 4 nitrogen and oxygen atoms in total. The van der Waals surface area contributed by atoms with Gasteiger partial charge in [0, 0.05) is 25.7 Å². The molecule has 4 heteroatoms. The maximum Gasteiger partial charge on any atom is 0.303 e. The Hall–Kier alpha value is -3.86. The fourth-order valence-electron chi connectivity index (χ4n) is 3.41. The summed E-state index contributed by atoms with van der Waals surface area (Å²) in [5, 5.41) is 16.9. The molecule has 0 bridgehead atoms. The van der Waals surface area contributed by atoms with E-state index in [0.29, 0.717) is 32.1 Å². The Morgan fingerprint density at radius 2 is 0.818 bits per heavy atom. The van der Waals surface area contributed by atoms with Crippen molar-refractivity contribution in [1.82, 2.24) is 0 Å². The monoisotopic (exact) mass is 600 g/mol. The third-order valence-corrected chi connectivity index (χ3v) is 5.85. The highest BCUT2D eigenvalue weighted by molar-refractivity contribution is 5.66. The molecule has 2 N–H and O–H groups in total. The van der Waals surface area contributed by atoms with Crippen LogP contribution in [0.4, 0.5) is 0 Å². The lowest BCUT2D eigenvalue weighted by atomic mass is 10.2. The number of hydrogen-bond acceptors (Lipinski definition) is 2. The second kappa shape index (κ2) is 39.1. The fourth-order valence-corrected chi connectivity index (χ4v) is 3.41. The first-order valence-corrected chi connectivity index (χ1v) is 16.4. The summed E-state index contributed by atoms with van der Waals surface area (Å²) in [7, 11) is 0. The zero-order chi connectivity index (χ0) is 32.6. The summed E-state index contributed by atoms with van der Waals surface area (Å²) in [5.41, 5.74) is 0. The highest BCUT2D eigenvalue weighted by Crippen LogP contribution is 2.01. The zero-order valence-corrected chi connectivity index (χ0v) is 27.5. The van der Waals surface area contributed by atoms with Crippen molar-refractivity contribution in [2.75, 3.05) is 0 Å². The van der Waals surface area contributed by atoms with Crippen molar-refractivity contribution in [3.8, 4) is 47.4 Å². The van der Waals surface area contributed by atoms with E-state index in [1.807, 2.05) is 0 Å². The molecule has 0 aliphatic heterocycles. The van der Waals surface area contributed by atoms with Gasteiger partial charge in [-0.15, -0.1) is 11.8 Å². The fraction of sp³-hybridized carbons (Fsp3) is 0.550. The summed E-state index contributed by atoms with van der Waals surface area (Å²) in [6, 6.07) is 0. The third-order valence-electron chi connectivity index (χ3n) is 5.85. The minimum atomic E-state index is -0.772. The Morgan fingerprint density at radius 3 is 1.27 bits per heavy atom. The molecule has 0 aliphatic rings. The van der Waals surface area contributed by atoms with Gasteiger partial charge in [0.15, 0.2) is 0 Å². The molecule has 0 aromatic rings. The van der Waals surface area contributed by atoms with Crippen molar-refractivity contribution in [3.63, 3.8) is 0 Å². The van der Waals surface area contributed by atoms with Crippen LogP contribution in [-0.2, 0) is 9.59 Å². The molecule has 0 spiro atoms. The summed E-state index contributed by atoms with van der Waals surface area (Å²) in [6.45, 7) is 4.42. The molecule has 0 atom stereocenters. The lowest BCUT2D eigenvalue weighted by molar-refractivity contribution is -0.138. The highest BCUT2D eigenvalue weighted by atomic mass is 16.4. The van der Waals surface area contributed by atoms with Crippen LogP contribution in [0.25, 0.3) is 0 Å². The van der Waals surface area contributed by atoms with Crippen molar-refractivity contribution in [3.05, 3.63) is 48.6 Å². The lowest BCUT2D eigenvalue weighted by Gasteiger charge is -1.90. The van der Waals surface area contributed by atoms with E-state index >= 15 is 0 Å². The zero-order valence-electron chi connectivity index (χ0n) is 27.5.